The number of benzene rings is 1. The fourth-order valence-electron chi connectivity index (χ4n) is 2.54. The fraction of sp³-hybridized carbons (Fsp3) is 0.250. The summed E-state index contributed by atoms with van der Waals surface area (Å²) in [5, 5.41) is 1.67. The van der Waals surface area contributed by atoms with Crippen molar-refractivity contribution in [2.45, 2.75) is 18.1 Å². The van der Waals surface area contributed by atoms with Crippen LogP contribution in [0.2, 0.25) is 0 Å². The van der Waals surface area contributed by atoms with Crippen molar-refractivity contribution in [2.75, 3.05) is 5.33 Å². The maximum atomic E-state index is 13.0. The lowest BCUT2D eigenvalue weighted by atomic mass is 9.98. The van der Waals surface area contributed by atoms with Crippen LogP contribution >= 0.6 is 15.9 Å². The minimum atomic E-state index is -3.51. The van der Waals surface area contributed by atoms with Crippen LogP contribution in [0.15, 0.2) is 60.3 Å². The Kier molecular flexibility index (Phi) is 3.58. The van der Waals surface area contributed by atoms with E-state index in [2.05, 4.69) is 15.9 Å². The number of alkyl halides is 1. The zero-order chi connectivity index (χ0) is 15.1. The molecule has 2 aromatic rings. The third kappa shape index (κ3) is 2.28. The molecule has 1 aromatic carbocycles. The van der Waals surface area contributed by atoms with Gasteiger partial charge in [-0.1, -0.05) is 52.4 Å². The molecule has 0 N–H and O–H groups in total. The Bertz CT molecular complexity index is 848. The van der Waals surface area contributed by atoms with Crippen LogP contribution < -0.4 is 0 Å². The van der Waals surface area contributed by atoms with Gasteiger partial charge in [0, 0.05) is 16.9 Å². The van der Waals surface area contributed by atoms with Crippen molar-refractivity contribution < 1.29 is 8.42 Å². The van der Waals surface area contributed by atoms with Crippen molar-refractivity contribution in [3.05, 3.63) is 60.3 Å². The maximum Gasteiger partial charge on any atom is 0.248 e. The van der Waals surface area contributed by atoms with Crippen LogP contribution in [0.25, 0.3) is 10.9 Å². The summed E-state index contributed by atoms with van der Waals surface area (Å²) in [6.07, 6.45) is 7.80. The first-order chi connectivity index (χ1) is 9.98. The quantitative estimate of drug-likeness (QED) is 0.774. The number of aromatic nitrogens is 1. The zero-order valence-electron chi connectivity index (χ0n) is 11.7. The minimum absolute atomic E-state index is 0.485. The number of hydrogen-bond donors (Lipinski definition) is 0. The first kappa shape index (κ1) is 14.6. The molecule has 0 saturated carbocycles. The summed E-state index contributed by atoms with van der Waals surface area (Å²) in [5.74, 6) is 0. The van der Waals surface area contributed by atoms with Crippen molar-refractivity contribution in [1.82, 2.24) is 3.97 Å². The molecule has 110 valence electrons. The Morgan fingerprint density at radius 2 is 2.05 bits per heavy atom. The van der Waals surface area contributed by atoms with Crippen molar-refractivity contribution in [2.24, 2.45) is 0 Å². The van der Waals surface area contributed by atoms with Gasteiger partial charge in [0.15, 0.2) is 0 Å². The van der Waals surface area contributed by atoms with E-state index in [1.807, 2.05) is 42.5 Å². The molecule has 1 aromatic heterocycles. The molecule has 0 saturated heterocycles. The van der Waals surface area contributed by atoms with Crippen LogP contribution in [0.4, 0.5) is 0 Å². The number of halogens is 1. The molecule has 1 unspecified atom stereocenters. The number of rotatable bonds is 3. The van der Waals surface area contributed by atoms with Gasteiger partial charge >= 0.3 is 0 Å². The largest absolute Gasteiger partial charge is 0.248 e. The Morgan fingerprint density at radius 1 is 1.29 bits per heavy atom. The standard InChI is InChI=1S/C16H16BrNO2S/c1-16(9-6-13(12-17)7-10-16)21(19,20)18-11-8-14-4-2-3-5-15(14)18/h2-9,11H,10,12H2,1H3. The van der Waals surface area contributed by atoms with Gasteiger partial charge in [-0.05, 0) is 31.1 Å². The van der Waals surface area contributed by atoms with Gasteiger partial charge in [0.2, 0.25) is 10.0 Å². The lowest BCUT2D eigenvalue weighted by molar-refractivity contribution is 0.554. The van der Waals surface area contributed by atoms with E-state index in [0.29, 0.717) is 6.42 Å². The Hall–Kier alpha value is -1.33. The van der Waals surface area contributed by atoms with Gasteiger partial charge in [-0.2, -0.15) is 0 Å². The van der Waals surface area contributed by atoms with Crippen LogP contribution in [0, 0.1) is 0 Å². The van der Waals surface area contributed by atoms with Gasteiger partial charge in [0.05, 0.1) is 5.52 Å². The number of nitrogens with zero attached hydrogens (tertiary/aromatic N) is 1. The Morgan fingerprint density at radius 3 is 2.71 bits per heavy atom. The summed E-state index contributed by atoms with van der Waals surface area (Å²) in [7, 11) is -3.51. The highest BCUT2D eigenvalue weighted by atomic mass is 79.9. The maximum absolute atomic E-state index is 13.0. The zero-order valence-corrected chi connectivity index (χ0v) is 14.1. The SMILES string of the molecule is CC1(S(=O)(=O)n2ccc3ccccc32)C=CC(CBr)=CC1. The highest BCUT2D eigenvalue weighted by Gasteiger charge is 2.39. The van der Waals surface area contributed by atoms with Crippen molar-refractivity contribution in [3.63, 3.8) is 0 Å². The van der Waals surface area contributed by atoms with Gasteiger partial charge in [-0.15, -0.1) is 0 Å². The van der Waals surface area contributed by atoms with Gasteiger partial charge in [-0.3, -0.25) is 0 Å². The summed E-state index contributed by atoms with van der Waals surface area (Å²) in [6, 6.07) is 9.36. The van der Waals surface area contributed by atoms with Gasteiger partial charge in [0.25, 0.3) is 0 Å². The smallest absolute Gasteiger partial charge is 0.244 e. The molecule has 21 heavy (non-hydrogen) atoms. The second-order valence-electron chi connectivity index (χ2n) is 5.44. The molecular weight excluding hydrogens is 350 g/mol. The second-order valence-corrected chi connectivity index (χ2v) is 8.28. The van der Waals surface area contributed by atoms with Crippen LogP contribution in [-0.4, -0.2) is 22.5 Å². The molecule has 0 amide bonds. The topological polar surface area (TPSA) is 39.1 Å². The van der Waals surface area contributed by atoms with Crippen molar-refractivity contribution >= 4 is 36.9 Å². The first-order valence-corrected chi connectivity index (χ1v) is 9.29. The summed E-state index contributed by atoms with van der Waals surface area (Å²) in [4.78, 5) is 0. The first-order valence-electron chi connectivity index (χ1n) is 6.73. The minimum Gasteiger partial charge on any atom is -0.244 e. The molecule has 1 heterocycles. The number of allylic oxidation sites excluding steroid dienone is 3. The number of fused-ring (bicyclic) bond motifs is 1. The summed E-state index contributed by atoms with van der Waals surface area (Å²) in [5.41, 5.74) is 1.84. The number of hydrogen-bond acceptors (Lipinski definition) is 2. The lowest BCUT2D eigenvalue weighted by Gasteiger charge is -2.28. The highest BCUT2D eigenvalue weighted by Crippen LogP contribution is 2.32. The third-order valence-electron chi connectivity index (χ3n) is 3.99. The molecule has 1 atom stereocenters. The van der Waals surface area contributed by atoms with Crippen LogP contribution in [0.1, 0.15) is 13.3 Å². The number of para-hydroxylation sites is 1. The van der Waals surface area contributed by atoms with E-state index in [1.165, 1.54) is 3.97 Å². The summed E-state index contributed by atoms with van der Waals surface area (Å²) >= 11 is 3.40. The third-order valence-corrected chi connectivity index (χ3v) is 6.95. The molecule has 1 aliphatic rings. The molecule has 3 nitrogen and oxygen atoms in total. The normalized spacial score (nSPS) is 22.5. The van der Waals surface area contributed by atoms with Gasteiger partial charge in [-0.25, -0.2) is 12.4 Å². The average Bonchev–Trinajstić information content (AvgIpc) is 2.92. The van der Waals surface area contributed by atoms with E-state index >= 15 is 0 Å². The van der Waals surface area contributed by atoms with E-state index in [1.54, 1.807) is 19.2 Å². The Balaban J connectivity index is 2.10. The van der Waals surface area contributed by atoms with E-state index in [0.717, 1.165) is 21.8 Å². The van der Waals surface area contributed by atoms with E-state index in [9.17, 15) is 8.42 Å². The lowest BCUT2D eigenvalue weighted by Crippen LogP contribution is -2.38. The summed E-state index contributed by atoms with van der Waals surface area (Å²) in [6.45, 7) is 1.77. The van der Waals surface area contributed by atoms with Gasteiger partial charge < -0.3 is 0 Å². The summed E-state index contributed by atoms with van der Waals surface area (Å²) < 4.78 is 26.6. The molecule has 0 radical (unpaired) electrons. The van der Waals surface area contributed by atoms with Crippen LogP contribution in [0.5, 0.6) is 0 Å². The average molecular weight is 366 g/mol. The molecule has 0 bridgehead atoms. The van der Waals surface area contributed by atoms with Crippen LogP contribution in [-0.2, 0) is 10.0 Å². The van der Waals surface area contributed by atoms with Crippen molar-refractivity contribution in [3.8, 4) is 0 Å². The molecule has 3 rings (SSSR count). The molecule has 5 heteroatoms. The second kappa shape index (κ2) is 5.14. The fourth-order valence-corrected chi connectivity index (χ4v) is 4.58. The molecular formula is C16H16BrNO2S. The van der Waals surface area contributed by atoms with Crippen molar-refractivity contribution in [1.29, 1.82) is 0 Å². The molecule has 0 fully saturated rings. The van der Waals surface area contributed by atoms with Gasteiger partial charge in [0.1, 0.15) is 4.75 Å². The molecule has 0 aliphatic heterocycles. The van der Waals surface area contributed by atoms with Crippen LogP contribution in [0.3, 0.4) is 0 Å². The Labute approximate surface area is 133 Å². The highest BCUT2D eigenvalue weighted by molar-refractivity contribution is 9.09. The predicted molar refractivity (Wildman–Crippen MR) is 90.3 cm³/mol. The van der Waals surface area contributed by atoms with E-state index in [-0.39, 0.29) is 0 Å². The predicted octanol–water partition coefficient (Wildman–Crippen LogP) is 3.86. The molecule has 1 aliphatic carbocycles. The van der Waals surface area contributed by atoms with E-state index in [4.69, 9.17) is 0 Å². The monoisotopic (exact) mass is 365 g/mol. The molecule has 0 spiro atoms. The van der Waals surface area contributed by atoms with E-state index < -0.39 is 14.8 Å².